The molecule has 1 aliphatic rings. The number of likely N-dealkylation sites (tertiary alicyclic amines) is 1. The minimum Gasteiger partial charge on any atom is -0.399 e. The van der Waals surface area contributed by atoms with Gasteiger partial charge in [0.1, 0.15) is 0 Å². The summed E-state index contributed by atoms with van der Waals surface area (Å²) in [7, 11) is 1.64. The summed E-state index contributed by atoms with van der Waals surface area (Å²) in [4.78, 5) is 14.3. The first-order chi connectivity index (χ1) is 9.65. The fourth-order valence-electron chi connectivity index (χ4n) is 2.81. The van der Waals surface area contributed by atoms with Gasteiger partial charge in [0.05, 0.1) is 5.56 Å². The molecule has 1 aromatic carbocycles. The van der Waals surface area contributed by atoms with Crippen molar-refractivity contribution in [1.29, 1.82) is 0 Å². The quantitative estimate of drug-likeness (QED) is 0.713. The summed E-state index contributed by atoms with van der Waals surface area (Å²) in [6.07, 6.45) is 2.46. The zero-order valence-corrected chi connectivity index (χ0v) is 12.3. The predicted molar refractivity (Wildman–Crippen MR) is 83.0 cm³/mol. The monoisotopic (exact) mass is 276 g/mol. The van der Waals surface area contributed by atoms with Crippen LogP contribution in [-0.4, -0.2) is 43.5 Å². The summed E-state index contributed by atoms with van der Waals surface area (Å²) < 4.78 is 0. The van der Waals surface area contributed by atoms with Crippen LogP contribution >= 0.6 is 0 Å². The molecule has 0 saturated carbocycles. The molecule has 1 fully saturated rings. The molecule has 1 heterocycles. The Morgan fingerprint density at radius 3 is 3.00 bits per heavy atom. The Morgan fingerprint density at radius 2 is 2.30 bits per heavy atom. The Morgan fingerprint density at radius 1 is 1.50 bits per heavy atom. The van der Waals surface area contributed by atoms with Crippen LogP contribution in [0, 0.1) is 0 Å². The summed E-state index contributed by atoms with van der Waals surface area (Å²) in [6, 6.07) is 5.89. The second-order valence-corrected chi connectivity index (χ2v) is 5.19. The van der Waals surface area contributed by atoms with Gasteiger partial charge in [0.15, 0.2) is 0 Å². The highest BCUT2D eigenvalue weighted by Crippen LogP contribution is 2.22. The maximum Gasteiger partial charge on any atom is 0.253 e. The van der Waals surface area contributed by atoms with E-state index in [9.17, 15) is 4.79 Å². The van der Waals surface area contributed by atoms with Gasteiger partial charge in [0.25, 0.3) is 5.91 Å². The van der Waals surface area contributed by atoms with Crippen LogP contribution in [0.4, 0.5) is 11.4 Å². The van der Waals surface area contributed by atoms with Crippen LogP contribution in [0.5, 0.6) is 0 Å². The van der Waals surface area contributed by atoms with Gasteiger partial charge in [-0.1, -0.05) is 6.92 Å². The average molecular weight is 276 g/mol. The van der Waals surface area contributed by atoms with Crippen molar-refractivity contribution in [3.8, 4) is 0 Å². The third kappa shape index (κ3) is 3.22. The number of amides is 1. The summed E-state index contributed by atoms with van der Waals surface area (Å²) in [6.45, 7) is 5.28. The van der Waals surface area contributed by atoms with Crippen LogP contribution in [0.1, 0.15) is 30.1 Å². The Kier molecular flexibility index (Phi) is 4.84. The van der Waals surface area contributed by atoms with E-state index >= 15 is 0 Å². The van der Waals surface area contributed by atoms with Gasteiger partial charge < -0.3 is 16.4 Å². The van der Waals surface area contributed by atoms with Crippen LogP contribution in [0.2, 0.25) is 0 Å². The van der Waals surface area contributed by atoms with Gasteiger partial charge >= 0.3 is 0 Å². The van der Waals surface area contributed by atoms with Gasteiger partial charge in [-0.3, -0.25) is 9.69 Å². The molecule has 1 saturated heterocycles. The summed E-state index contributed by atoms with van der Waals surface area (Å²) >= 11 is 0. The Labute approximate surface area is 120 Å². The molecule has 5 nitrogen and oxygen atoms in total. The van der Waals surface area contributed by atoms with Gasteiger partial charge in [-0.25, -0.2) is 0 Å². The summed E-state index contributed by atoms with van der Waals surface area (Å²) in [5, 5.41) is 6.05. The topological polar surface area (TPSA) is 70.4 Å². The SMILES string of the molecule is CCN1CCCC1CNc1cc(N)ccc1C(=O)NC. The van der Waals surface area contributed by atoms with Crippen molar-refractivity contribution >= 4 is 17.3 Å². The Hall–Kier alpha value is -1.75. The molecule has 1 aliphatic heterocycles. The third-order valence-electron chi connectivity index (χ3n) is 3.95. The number of benzene rings is 1. The maximum atomic E-state index is 11.9. The van der Waals surface area contributed by atoms with E-state index in [1.165, 1.54) is 19.4 Å². The second-order valence-electron chi connectivity index (χ2n) is 5.19. The highest BCUT2D eigenvalue weighted by Gasteiger charge is 2.23. The van der Waals surface area contributed by atoms with E-state index in [0.717, 1.165) is 18.8 Å². The molecular weight excluding hydrogens is 252 g/mol. The Balaban J connectivity index is 2.08. The number of carbonyl (C=O) groups is 1. The van der Waals surface area contributed by atoms with Gasteiger partial charge in [0, 0.05) is 31.0 Å². The van der Waals surface area contributed by atoms with E-state index < -0.39 is 0 Å². The zero-order chi connectivity index (χ0) is 14.5. The minimum absolute atomic E-state index is 0.0914. The van der Waals surface area contributed by atoms with Crippen LogP contribution in [0.15, 0.2) is 18.2 Å². The van der Waals surface area contributed by atoms with Crippen molar-refractivity contribution in [2.24, 2.45) is 0 Å². The summed E-state index contributed by atoms with van der Waals surface area (Å²) in [5.41, 5.74) is 7.94. The molecule has 5 heteroatoms. The maximum absolute atomic E-state index is 11.9. The van der Waals surface area contributed by atoms with Gasteiger partial charge in [-0.15, -0.1) is 0 Å². The van der Waals surface area contributed by atoms with Crippen LogP contribution in [0.3, 0.4) is 0 Å². The summed E-state index contributed by atoms with van der Waals surface area (Å²) in [5.74, 6) is -0.0914. The zero-order valence-electron chi connectivity index (χ0n) is 12.3. The van der Waals surface area contributed by atoms with E-state index in [1.54, 1.807) is 19.2 Å². The number of hydrogen-bond acceptors (Lipinski definition) is 4. The molecular formula is C15H24N4O. The van der Waals surface area contributed by atoms with Crippen molar-refractivity contribution in [2.45, 2.75) is 25.8 Å². The lowest BCUT2D eigenvalue weighted by Gasteiger charge is -2.24. The normalized spacial score (nSPS) is 19.0. The molecule has 0 aromatic heterocycles. The highest BCUT2D eigenvalue weighted by atomic mass is 16.1. The lowest BCUT2D eigenvalue weighted by atomic mass is 10.1. The van der Waals surface area contributed by atoms with Crippen molar-refractivity contribution in [3.63, 3.8) is 0 Å². The predicted octanol–water partition coefficient (Wildman–Crippen LogP) is 1.52. The molecule has 1 atom stereocenters. The van der Waals surface area contributed by atoms with Crippen molar-refractivity contribution in [3.05, 3.63) is 23.8 Å². The highest BCUT2D eigenvalue weighted by molar-refractivity contribution is 6.00. The van der Waals surface area contributed by atoms with Crippen LogP contribution in [0.25, 0.3) is 0 Å². The molecule has 0 bridgehead atoms. The molecule has 2 rings (SSSR count). The Bertz CT molecular complexity index is 475. The fourth-order valence-corrected chi connectivity index (χ4v) is 2.81. The number of likely N-dealkylation sites (N-methyl/N-ethyl adjacent to an activating group) is 1. The standard InChI is InChI=1S/C15H24N4O/c1-3-19-8-4-5-12(19)10-18-14-9-11(16)6-7-13(14)15(20)17-2/h6-7,9,12,18H,3-5,8,10,16H2,1-2H3,(H,17,20). The largest absolute Gasteiger partial charge is 0.399 e. The van der Waals surface area contributed by atoms with Gasteiger partial charge in [-0.2, -0.15) is 0 Å². The molecule has 20 heavy (non-hydrogen) atoms. The molecule has 110 valence electrons. The molecule has 0 radical (unpaired) electrons. The molecule has 1 aromatic rings. The van der Waals surface area contributed by atoms with E-state index in [2.05, 4.69) is 22.5 Å². The molecule has 4 N–H and O–H groups in total. The number of anilines is 2. The van der Waals surface area contributed by atoms with Crippen molar-refractivity contribution < 1.29 is 4.79 Å². The second kappa shape index (κ2) is 6.61. The molecule has 1 unspecified atom stereocenters. The van der Waals surface area contributed by atoms with E-state index in [0.29, 0.717) is 17.3 Å². The van der Waals surface area contributed by atoms with Crippen molar-refractivity contribution in [1.82, 2.24) is 10.2 Å². The van der Waals surface area contributed by atoms with E-state index in [4.69, 9.17) is 5.73 Å². The number of nitrogens with zero attached hydrogens (tertiary/aromatic N) is 1. The number of rotatable bonds is 5. The lowest BCUT2D eigenvalue weighted by molar-refractivity contribution is 0.0964. The number of hydrogen-bond donors (Lipinski definition) is 3. The van der Waals surface area contributed by atoms with Crippen LogP contribution in [-0.2, 0) is 0 Å². The van der Waals surface area contributed by atoms with E-state index in [1.807, 2.05) is 6.07 Å². The van der Waals surface area contributed by atoms with Crippen molar-refractivity contribution in [2.75, 3.05) is 37.7 Å². The van der Waals surface area contributed by atoms with Gasteiger partial charge in [-0.05, 0) is 44.1 Å². The number of carbonyl (C=O) groups excluding carboxylic acids is 1. The molecule has 0 aliphatic carbocycles. The first-order valence-corrected chi connectivity index (χ1v) is 7.25. The minimum atomic E-state index is -0.0914. The number of nitrogens with one attached hydrogen (secondary N) is 2. The third-order valence-corrected chi connectivity index (χ3v) is 3.95. The lowest BCUT2D eigenvalue weighted by Crippen LogP contribution is -2.35. The van der Waals surface area contributed by atoms with Crippen LogP contribution < -0.4 is 16.4 Å². The molecule has 1 amide bonds. The molecule has 0 spiro atoms. The van der Waals surface area contributed by atoms with E-state index in [-0.39, 0.29) is 5.91 Å². The number of nitrogens with two attached hydrogens (primary N) is 1. The first-order valence-electron chi connectivity index (χ1n) is 7.25. The number of nitrogen functional groups attached to an aromatic ring is 1. The first kappa shape index (κ1) is 14.7. The average Bonchev–Trinajstić information content (AvgIpc) is 2.91. The fraction of sp³-hybridized carbons (Fsp3) is 0.533. The smallest absolute Gasteiger partial charge is 0.253 e. The van der Waals surface area contributed by atoms with Gasteiger partial charge in [0.2, 0.25) is 0 Å².